The third kappa shape index (κ3) is 9.66. The van der Waals surface area contributed by atoms with Crippen molar-refractivity contribution in [3.63, 3.8) is 0 Å². The van der Waals surface area contributed by atoms with Crippen LogP contribution in [0.25, 0.3) is 0 Å². The van der Waals surface area contributed by atoms with E-state index in [1.54, 1.807) is 0 Å². The topological polar surface area (TPSA) is 92.7 Å². The highest BCUT2D eigenvalue weighted by Crippen LogP contribution is 2.17. The maximum absolute atomic E-state index is 12.9. The molecule has 0 saturated heterocycles. The van der Waals surface area contributed by atoms with E-state index in [-0.39, 0.29) is 18.9 Å². The summed E-state index contributed by atoms with van der Waals surface area (Å²) < 4.78 is 5.11. The number of aliphatic carboxylic acids is 1. The molecule has 0 aliphatic rings. The van der Waals surface area contributed by atoms with Gasteiger partial charge < -0.3 is 15.2 Å². The van der Waals surface area contributed by atoms with Crippen LogP contribution in [0.5, 0.6) is 0 Å². The van der Waals surface area contributed by atoms with Crippen LogP contribution in [-0.2, 0) is 32.0 Å². The Morgan fingerprint density at radius 2 is 1.71 bits per heavy atom. The van der Waals surface area contributed by atoms with Crippen LogP contribution < -0.4 is 5.32 Å². The molecule has 2 aromatic carbocycles. The Kier molecular flexibility index (Phi) is 10.0. The van der Waals surface area contributed by atoms with Gasteiger partial charge in [-0.3, -0.25) is 14.4 Å². The van der Waals surface area contributed by atoms with E-state index >= 15 is 0 Å². The van der Waals surface area contributed by atoms with Crippen molar-refractivity contribution in [1.29, 1.82) is 0 Å². The van der Waals surface area contributed by atoms with Crippen LogP contribution in [-0.4, -0.2) is 35.6 Å². The van der Waals surface area contributed by atoms with E-state index in [9.17, 15) is 19.5 Å². The number of halogens is 1. The van der Waals surface area contributed by atoms with E-state index in [1.165, 1.54) is 6.92 Å². The zero-order chi connectivity index (χ0) is 22.6. The van der Waals surface area contributed by atoms with Crippen molar-refractivity contribution in [3.05, 3.63) is 70.7 Å². The minimum atomic E-state index is -1.02. The molecule has 2 aromatic rings. The van der Waals surface area contributed by atoms with Gasteiger partial charge in [-0.15, -0.1) is 0 Å². The molecule has 0 aliphatic heterocycles. The van der Waals surface area contributed by atoms with Crippen molar-refractivity contribution >= 4 is 29.4 Å². The Morgan fingerprint density at radius 1 is 1.03 bits per heavy atom. The van der Waals surface area contributed by atoms with Gasteiger partial charge in [-0.05, 0) is 48.9 Å². The van der Waals surface area contributed by atoms with Crippen molar-refractivity contribution in [3.8, 4) is 0 Å². The Balaban J connectivity index is 1.99. The highest BCUT2D eigenvalue weighted by atomic mass is 35.5. The van der Waals surface area contributed by atoms with Crippen molar-refractivity contribution in [2.75, 3.05) is 6.61 Å². The average Bonchev–Trinajstić information content (AvgIpc) is 2.73. The van der Waals surface area contributed by atoms with Gasteiger partial charge in [0.1, 0.15) is 6.61 Å². The van der Waals surface area contributed by atoms with Crippen molar-refractivity contribution in [2.45, 2.75) is 45.1 Å². The number of rotatable bonds is 12. The summed E-state index contributed by atoms with van der Waals surface area (Å²) in [6.07, 6.45) is 2.05. The molecule has 0 aliphatic carbocycles. The molecule has 2 atom stereocenters. The lowest BCUT2D eigenvalue weighted by molar-refractivity contribution is -0.143. The zero-order valence-corrected chi connectivity index (χ0v) is 18.3. The van der Waals surface area contributed by atoms with E-state index < -0.39 is 23.9 Å². The number of ether oxygens (including phenoxy) is 1. The first kappa shape index (κ1) is 24.4. The molecule has 7 heteroatoms. The Hall–Kier alpha value is -2.86. The second-order valence-corrected chi connectivity index (χ2v) is 7.95. The minimum Gasteiger partial charge on any atom is -0.481 e. The predicted octanol–water partition coefficient (Wildman–Crippen LogP) is 4.04. The molecule has 0 spiro atoms. The van der Waals surface area contributed by atoms with Crippen molar-refractivity contribution in [1.82, 2.24) is 5.32 Å². The second kappa shape index (κ2) is 12.7. The maximum Gasteiger partial charge on any atom is 0.304 e. The lowest BCUT2D eigenvalue weighted by Crippen LogP contribution is -2.43. The molecule has 1 amide bonds. The van der Waals surface area contributed by atoms with Crippen LogP contribution in [0, 0.1) is 5.92 Å². The van der Waals surface area contributed by atoms with Gasteiger partial charge in [-0.25, -0.2) is 0 Å². The Morgan fingerprint density at radius 3 is 2.32 bits per heavy atom. The molecule has 166 valence electrons. The van der Waals surface area contributed by atoms with Crippen LogP contribution >= 0.6 is 11.6 Å². The van der Waals surface area contributed by atoms with Crippen LogP contribution in [0.2, 0.25) is 5.02 Å². The van der Waals surface area contributed by atoms with Crippen LogP contribution in [0.1, 0.15) is 37.3 Å². The zero-order valence-electron chi connectivity index (χ0n) is 17.6. The molecule has 0 unspecified atom stereocenters. The van der Waals surface area contributed by atoms with Gasteiger partial charge in [-0.1, -0.05) is 54.1 Å². The van der Waals surface area contributed by atoms with Crippen LogP contribution in [0.15, 0.2) is 54.6 Å². The molecule has 0 heterocycles. The summed E-state index contributed by atoms with van der Waals surface area (Å²) >= 11 is 5.90. The normalized spacial score (nSPS) is 12.6. The van der Waals surface area contributed by atoms with Gasteiger partial charge in [0.05, 0.1) is 12.5 Å². The molecule has 31 heavy (non-hydrogen) atoms. The van der Waals surface area contributed by atoms with Gasteiger partial charge in [-0.2, -0.15) is 0 Å². The van der Waals surface area contributed by atoms with Crippen LogP contribution in [0.3, 0.4) is 0 Å². The molecule has 2 N–H and O–H groups in total. The van der Waals surface area contributed by atoms with E-state index in [4.69, 9.17) is 16.3 Å². The standard InChI is InChI=1S/C24H28ClNO5/c1-17(27)31-16-22(14-19-6-3-2-4-7-19)26-24(30)20(15-23(28)29)9-5-8-18-10-12-21(25)13-11-18/h2-4,6-7,10-13,20,22H,5,8-9,14-16H2,1H3,(H,26,30)(H,28,29)/t20-,22+/m1/s1. The number of nitrogens with one attached hydrogen (secondary N) is 1. The summed E-state index contributed by atoms with van der Waals surface area (Å²) in [6.45, 7) is 1.34. The number of carboxylic acids is 1. The summed E-state index contributed by atoms with van der Waals surface area (Å²) in [4.78, 5) is 35.4. The number of hydrogen-bond acceptors (Lipinski definition) is 4. The summed E-state index contributed by atoms with van der Waals surface area (Å²) in [5.41, 5.74) is 2.06. The van der Waals surface area contributed by atoms with Gasteiger partial charge in [0.25, 0.3) is 0 Å². The molecule has 6 nitrogen and oxygen atoms in total. The first-order chi connectivity index (χ1) is 14.8. The largest absolute Gasteiger partial charge is 0.481 e. The summed E-state index contributed by atoms with van der Waals surface area (Å²) in [7, 11) is 0. The molecule has 0 radical (unpaired) electrons. The minimum absolute atomic E-state index is 0.0283. The summed E-state index contributed by atoms with van der Waals surface area (Å²) in [6, 6.07) is 16.5. The highest BCUT2D eigenvalue weighted by molar-refractivity contribution is 6.30. The molecule has 0 bridgehead atoms. The SMILES string of the molecule is CC(=O)OC[C@H](Cc1ccccc1)NC(=O)[C@H](CCCc1ccc(Cl)cc1)CC(=O)O. The van der Waals surface area contributed by atoms with E-state index in [1.807, 2.05) is 54.6 Å². The average molecular weight is 446 g/mol. The lowest BCUT2D eigenvalue weighted by atomic mass is 9.95. The summed E-state index contributed by atoms with van der Waals surface area (Å²) in [5, 5.41) is 12.8. The van der Waals surface area contributed by atoms with Gasteiger partial charge in [0.2, 0.25) is 5.91 Å². The second-order valence-electron chi connectivity index (χ2n) is 7.51. The molecule has 0 saturated carbocycles. The van der Waals surface area contributed by atoms with Gasteiger partial charge in [0, 0.05) is 17.9 Å². The molecular formula is C24H28ClNO5. The third-order valence-corrected chi connectivity index (χ3v) is 5.13. The molecular weight excluding hydrogens is 418 g/mol. The van der Waals surface area contributed by atoms with E-state index in [2.05, 4.69) is 5.32 Å². The lowest BCUT2D eigenvalue weighted by Gasteiger charge is -2.22. The fourth-order valence-corrected chi connectivity index (χ4v) is 3.45. The Labute approximate surface area is 187 Å². The van der Waals surface area contributed by atoms with Gasteiger partial charge >= 0.3 is 11.9 Å². The Bertz CT molecular complexity index is 854. The number of aryl methyl sites for hydroxylation is 1. The number of carbonyl (C=O) groups is 3. The molecule has 0 aromatic heterocycles. The maximum atomic E-state index is 12.9. The fourth-order valence-electron chi connectivity index (χ4n) is 3.33. The van der Waals surface area contributed by atoms with E-state index in [0.29, 0.717) is 24.3 Å². The summed E-state index contributed by atoms with van der Waals surface area (Å²) in [5.74, 6) is -2.46. The van der Waals surface area contributed by atoms with E-state index in [0.717, 1.165) is 17.5 Å². The van der Waals surface area contributed by atoms with Gasteiger partial charge in [0.15, 0.2) is 0 Å². The number of carboxylic acid groups (broad SMARTS) is 1. The number of benzene rings is 2. The first-order valence-electron chi connectivity index (χ1n) is 10.3. The smallest absolute Gasteiger partial charge is 0.304 e. The predicted molar refractivity (Wildman–Crippen MR) is 119 cm³/mol. The van der Waals surface area contributed by atoms with Crippen LogP contribution in [0.4, 0.5) is 0 Å². The number of amides is 1. The highest BCUT2D eigenvalue weighted by Gasteiger charge is 2.24. The van der Waals surface area contributed by atoms with Crippen molar-refractivity contribution < 1.29 is 24.2 Å². The number of carbonyl (C=O) groups excluding carboxylic acids is 2. The molecule has 2 rings (SSSR count). The van der Waals surface area contributed by atoms with Crippen molar-refractivity contribution in [2.24, 2.45) is 5.92 Å². The quantitative estimate of drug-likeness (QED) is 0.481. The third-order valence-electron chi connectivity index (χ3n) is 4.88. The fraction of sp³-hybridized carbons (Fsp3) is 0.375. The number of hydrogen-bond donors (Lipinski definition) is 2. The monoisotopic (exact) mass is 445 g/mol. The molecule has 0 fully saturated rings. The number of esters is 1. The first-order valence-corrected chi connectivity index (χ1v) is 10.6.